The summed E-state index contributed by atoms with van der Waals surface area (Å²) in [5.74, 6) is 1.63. The minimum atomic E-state index is 0.0366. The maximum Gasteiger partial charge on any atom is 0.194 e. The largest absolute Gasteiger partial charge is 0.351 e. The van der Waals surface area contributed by atoms with Crippen LogP contribution in [0.1, 0.15) is 26.7 Å². The fourth-order valence-electron chi connectivity index (χ4n) is 2.50. The predicted octanol–water partition coefficient (Wildman–Crippen LogP) is 0.683. The molecule has 1 N–H and O–H groups in total. The van der Waals surface area contributed by atoms with Gasteiger partial charge in [-0.15, -0.1) is 0 Å². The van der Waals surface area contributed by atoms with Gasteiger partial charge < -0.3 is 10.2 Å². The van der Waals surface area contributed by atoms with Crippen LogP contribution in [0.15, 0.2) is 17.4 Å². The monoisotopic (exact) mass is 262 g/mol. The molecule has 19 heavy (non-hydrogen) atoms. The van der Waals surface area contributed by atoms with Gasteiger partial charge in [-0.25, -0.2) is 0 Å². The Morgan fingerprint density at radius 1 is 1.42 bits per heavy atom. The molecule has 0 bridgehead atoms. The van der Waals surface area contributed by atoms with Crippen LogP contribution in [0.3, 0.4) is 0 Å². The third-order valence-electron chi connectivity index (χ3n) is 4.14. The van der Waals surface area contributed by atoms with Gasteiger partial charge in [0.15, 0.2) is 5.96 Å². The molecular weight excluding hydrogens is 240 g/mol. The summed E-state index contributed by atoms with van der Waals surface area (Å²) in [6.45, 7) is 6.28. The molecule has 0 spiro atoms. The Hall–Kier alpha value is -1.59. The van der Waals surface area contributed by atoms with Crippen molar-refractivity contribution in [3.05, 3.63) is 12.4 Å². The lowest BCUT2D eigenvalue weighted by atomic mass is 10.1. The fourth-order valence-corrected chi connectivity index (χ4v) is 2.50. The summed E-state index contributed by atoms with van der Waals surface area (Å²) < 4.78 is 0. The molecule has 1 aromatic heterocycles. The Morgan fingerprint density at radius 3 is 2.63 bits per heavy atom. The molecule has 2 fully saturated rings. The van der Waals surface area contributed by atoms with Crippen molar-refractivity contribution >= 4 is 5.96 Å². The Labute approximate surface area is 113 Å². The molecule has 1 unspecified atom stereocenters. The predicted molar refractivity (Wildman–Crippen MR) is 73.9 cm³/mol. The van der Waals surface area contributed by atoms with Gasteiger partial charge in [-0.1, -0.05) is 13.8 Å². The molecular formula is C13H22N6. The molecule has 1 saturated heterocycles. The second-order valence-electron chi connectivity index (χ2n) is 6.06. The normalized spacial score (nSPS) is 27.1. The topological polar surface area (TPSA) is 58.3 Å². The SMILES string of the molecule is CC(C)C1CN(C)C(=NCC2(n3nccn3)CC2)N1. The highest BCUT2D eigenvalue weighted by molar-refractivity contribution is 5.82. The first-order valence-electron chi connectivity index (χ1n) is 7.00. The summed E-state index contributed by atoms with van der Waals surface area (Å²) in [4.78, 5) is 8.79. The smallest absolute Gasteiger partial charge is 0.194 e. The van der Waals surface area contributed by atoms with Gasteiger partial charge in [-0.3, -0.25) is 4.99 Å². The van der Waals surface area contributed by atoms with E-state index >= 15 is 0 Å². The van der Waals surface area contributed by atoms with Crippen LogP contribution in [0.2, 0.25) is 0 Å². The van der Waals surface area contributed by atoms with Gasteiger partial charge in [0.2, 0.25) is 0 Å². The summed E-state index contributed by atoms with van der Waals surface area (Å²) in [5.41, 5.74) is 0.0366. The lowest BCUT2D eigenvalue weighted by molar-refractivity contribution is 0.388. The Bertz CT molecular complexity index is 459. The van der Waals surface area contributed by atoms with E-state index in [0.717, 1.165) is 31.9 Å². The molecule has 6 heteroatoms. The number of aromatic nitrogens is 3. The van der Waals surface area contributed by atoms with Crippen LogP contribution in [0.4, 0.5) is 0 Å². The van der Waals surface area contributed by atoms with Gasteiger partial charge in [-0.2, -0.15) is 15.0 Å². The highest BCUT2D eigenvalue weighted by atomic mass is 15.5. The van der Waals surface area contributed by atoms with Gasteiger partial charge in [-0.05, 0) is 18.8 Å². The molecule has 1 aromatic rings. The highest BCUT2D eigenvalue weighted by Gasteiger charge is 2.46. The first-order valence-corrected chi connectivity index (χ1v) is 7.00. The van der Waals surface area contributed by atoms with Crippen LogP contribution in [-0.2, 0) is 5.54 Å². The summed E-state index contributed by atoms with van der Waals surface area (Å²) in [5, 5.41) is 12.0. The van der Waals surface area contributed by atoms with Crippen molar-refractivity contribution in [3.63, 3.8) is 0 Å². The van der Waals surface area contributed by atoms with Crippen molar-refractivity contribution in [2.75, 3.05) is 20.1 Å². The van der Waals surface area contributed by atoms with Crippen LogP contribution >= 0.6 is 0 Å². The number of guanidine groups is 1. The maximum atomic E-state index is 4.76. The van der Waals surface area contributed by atoms with E-state index in [9.17, 15) is 0 Å². The zero-order valence-corrected chi connectivity index (χ0v) is 11.9. The minimum Gasteiger partial charge on any atom is -0.351 e. The molecule has 3 rings (SSSR count). The van der Waals surface area contributed by atoms with Crippen LogP contribution in [-0.4, -0.2) is 52.0 Å². The van der Waals surface area contributed by atoms with Gasteiger partial charge >= 0.3 is 0 Å². The Balaban J connectivity index is 1.67. The van der Waals surface area contributed by atoms with E-state index in [-0.39, 0.29) is 5.54 Å². The van der Waals surface area contributed by atoms with E-state index in [2.05, 4.69) is 41.3 Å². The summed E-state index contributed by atoms with van der Waals surface area (Å²) >= 11 is 0. The van der Waals surface area contributed by atoms with Crippen molar-refractivity contribution in [2.24, 2.45) is 10.9 Å². The maximum absolute atomic E-state index is 4.76. The molecule has 1 atom stereocenters. The average Bonchev–Trinajstić information content (AvgIpc) is 2.83. The van der Waals surface area contributed by atoms with Gasteiger partial charge in [0, 0.05) is 19.6 Å². The number of rotatable bonds is 4. The molecule has 0 amide bonds. The van der Waals surface area contributed by atoms with E-state index in [4.69, 9.17) is 4.99 Å². The average molecular weight is 262 g/mol. The first-order chi connectivity index (χ1) is 9.11. The molecule has 2 aliphatic rings. The van der Waals surface area contributed by atoms with Crippen molar-refractivity contribution in [1.29, 1.82) is 0 Å². The van der Waals surface area contributed by atoms with Crippen molar-refractivity contribution in [1.82, 2.24) is 25.2 Å². The second kappa shape index (κ2) is 4.51. The Kier molecular flexibility index (Phi) is 2.95. The van der Waals surface area contributed by atoms with E-state index in [1.165, 1.54) is 0 Å². The van der Waals surface area contributed by atoms with Crippen molar-refractivity contribution < 1.29 is 0 Å². The summed E-state index contributed by atoms with van der Waals surface area (Å²) in [6.07, 6.45) is 5.72. The molecule has 1 aliphatic heterocycles. The number of aliphatic imine (C=N–C) groups is 1. The van der Waals surface area contributed by atoms with Crippen LogP contribution in [0.25, 0.3) is 0 Å². The molecule has 0 radical (unpaired) electrons. The fraction of sp³-hybridized carbons (Fsp3) is 0.769. The number of hydrogen-bond donors (Lipinski definition) is 1. The molecule has 2 heterocycles. The molecule has 0 aromatic carbocycles. The van der Waals surface area contributed by atoms with E-state index < -0.39 is 0 Å². The standard InChI is InChI=1S/C13H22N6/c1-10(2)11-8-18(3)12(17-11)14-9-13(4-5-13)19-15-6-7-16-19/h6-7,10-11H,4-5,8-9H2,1-3H3,(H,14,17). The molecule has 1 saturated carbocycles. The van der Waals surface area contributed by atoms with Crippen molar-refractivity contribution in [2.45, 2.75) is 38.3 Å². The minimum absolute atomic E-state index is 0.0366. The Morgan fingerprint density at radius 2 is 2.11 bits per heavy atom. The molecule has 104 valence electrons. The van der Waals surface area contributed by atoms with Gasteiger partial charge in [0.1, 0.15) is 5.54 Å². The lowest BCUT2D eigenvalue weighted by Crippen LogP contribution is -2.33. The number of nitrogens with zero attached hydrogens (tertiary/aromatic N) is 5. The number of nitrogens with one attached hydrogen (secondary N) is 1. The zero-order chi connectivity index (χ0) is 13.5. The van der Waals surface area contributed by atoms with Crippen LogP contribution in [0, 0.1) is 5.92 Å². The van der Waals surface area contributed by atoms with Crippen LogP contribution < -0.4 is 5.32 Å². The second-order valence-corrected chi connectivity index (χ2v) is 6.06. The van der Waals surface area contributed by atoms with Crippen molar-refractivity contribution in [3.8, 4) is 0 Å². The van der Waals surface area contributed by atoms with E-state index in [1.54, 1.807) is 12.4 Å². The van der Waals surface area contributed by atoms with E-state index in [1.807, 2.05) is 4.80 Å². The zero-order valence-electron chi connectivity index (χ0n) is 11.9. The van der Waals surface area contributed by atoms with Gasteiger partial charge in [0.05, 0.1) is 18.9 Å². The lowest BCUT2D eigenvalue weighted by Gasteiger charge is -2.14. The summed E-state index contributed by atoms with van der Waals surface area (Å²) in [7, 11) is 2.10. The summed E-state index contributed by atoms with van der Waals surface area (Å²) in [6, 6.07) is 0.502. The quantitative estimate of drug-likeness (QED) is 0.867. The number of hydrogen-bond acceptors (Lipinski definition) is 3. The molecule has 1 aliphatic carbocycles. The highest BCUT2D eigenvalue weighted by Crippen LogP contribution is 2.42. The third kappa shape index (κ3) is 2.31. The first kappa shape index (κ1) is 12.4. The third-order valence-corrected chi connectivity index (χ3v) is 4.14. The van der Waals surface area contributed by atoms with E-state index in [0.29, 0.717) is 12.0 Å². The molecule has 6 nitrogen and oxygen atoms in total. The number of likely N-dealkylation sites (N-methyl/N-ethyl adjacent to an activating group) is 1. The van der Waals surface area contributed by atoms with Gasteiger partial charge in [0.25, 0.3) is 0 Å². The van der Waals surface area contributed by atoms with Crippen LogP contribution in [0.5, 0.6) is 0 Å².